The molecular formula is C20H29N3O2. The Labute approximate surface area is 150 Å². The van der Waals surface area contributed by atoms with Gasteiger partial charge < -0.3 is 9.63 Å². The molecule has 25 heavy (non-hydrogen) atoms. The molecule has 0 unspecified atom stereocenters. The van der Waals surface area contributed by atoms with Gasteiger partial charge in [0.05, 0.1) is 5.69 Å². The van der Waals surface area contributed by atoms with E-state index >= 15 is 0 Å². The molecule has 0 atom stereocenters. The van der Waals surface area contributed by atoms with Gasteiger partial charge in [0.2, 0.25) is 0 Å². The lowest BCUT2D eigenvalue weighted by molar-refractivity contribution is 0.0591. The average Bonchev–Trinajstić information content (AvgIpc) is 2.85. The van der Waals surface area contributed by atoms with Crippen LogP contribution in [0.2, 0.25) is 0 Å². The summed E-state index contributed by atoms with van der Waals surface area (Å²) in [6.45, 7) is 15.8. The first-order chi connectivity index (χ1) is 11.7. The van der Waals surface area contributed by atoms with Gasteiger partial charge in [-0.05, 0) is 63.9 Å². The second-order valence-electron chi connectivity index (χ2n) is 8.02. The molecule has 1 fully saturated rings. The van der Waals surface area contributed by atoms with Gasteiger partial charge in [0, 0.05) is 43.8 Å². The highest BCUT2D eigenvalue weighted by Gasteiger charge is 2.25. The Kier molecular flexibility index (Phi) is 4.89. The van der Waals surface area contributed by atoms with E-state index in [4.69, 9.17) is 4.52 Å². The molecule has 0 spiro atoms. The zero-order chi connectivity index (χ0) is 18.2. The van der Waals surface area contributed by atoms with E-state index in [1.54, 1.807) is 6.07 Å². The molecule has 5 nitrogen and oxygen atoms in total. The summed E-state index contributed by atoms with van der Waals surface area (Å²) in [6.07, 6.45) is 0. The van der Waals surface area contributed by atoms with Crippen LogP contribution in [0.4, 0.5) is 0 Å². The summed E-state index contributed by atoms with van der Waals surface area (Å²) >= 11 is 0. The minimum Gasteiger partial charge on any atom is -0.508 e. The van der Waals surface area contributed by atoms with E-state index in [9.17, 15) is 5.11 Å². The number of nitrogens with zero attached hydrogens (tertiary/aromatic N) is 3. The van der Waals surface area contributed by atoms with Gasteiger partial charge in [0.1, 0.15) is 11.5 Å². The van der Waals surface area contributed by atoms with Crippen molar-refractivity contribution in [2.24, 2.45) is 0 Å². The number of hydrogen-bond acceptors (Lipinski definition) is 5. The van der Waals surface area contributed by atoms with E-state index in [2.05, 4.69) is 41.8 Å². The predicted octanol–water partition coefficient (Wildman–Crippen LogP) is 3.58. The van der Waals surface area contributed by atoms with Crippen LogP contribution >= 0.6 is 0 Å². The van der Waals surface area contributed by atoms with E-state index in [0.29, 0.717) is 5.75 Å². The summed E-state index contributed by atoms with van der Waals surface area (Å²) in [7, 11) is 0. The van der Waals surface area contributed by atoms with Crippen LogP contribution in [-0.4, -0.2) is 51.8 Å². The van der Waals surface area contributed by atoms with Crippen molar-refractivity contribution in [3.05, 3.63) is 35.2 Å². The van der Waals surface area contributed by atoms with Crippen molar-refractivity contribution in [3.63, 3.8) is 0 Å². The molecule has 1 aliphatic heterocycles. The molecule has 5 heteroatoms. The highest BCUT2D eigenvalue weighted by molar-refractivity contribution is 5.69. The number of benzene rings is 1. The number of phenolic OH excluding ortho intramolecular Hbond substituents is 1. The van der Waals surface area contributed by atoms with Crippen molar-refractivity contribution in [2.75, 3.05) is 26.2 Å². The van der Waals surface area contributed by atoms with E-state index in [1.807, 2.05) is 19.9 Å². The van der Waals surface area contributed by atoms with Crippen LogP contribution in [-0.2, 0) is 6.54 Å². The SMILES string of the molecule is Cc1noc(C)c1-c1cc(O)cc(CN2CCN(C(C)(C)C)CC2)c1. The molecule has 1 aliphatic rings. The van der Waals surface area contributed by atoms with Crippen LogP contribution in [0.1, 0.15) is 37.8 Å². The van der Waals surface area contributed by atoms with Crippen molar-refractivity contribution >= 4 is 0 Å². The standard InChI is InChI=1S/C20H29N3O2/c1-14-19(15(2)25-21-14)17-10-16(11-18(24)12-17)13-22-6-8-23(9-7-22)20(3,4)5/h10-12,24H,6-9,13H2,1-5H3. The normalized spacial score (nSPS) is 17.2. The van der Waals surface area contributed by atoms with Gasteiger partial charge in [-0.25, -0.2) is 0 Å². The lowest BCUT2D eigenvalue weighted by Crippen LogP contribution is -2.53. The number of piperazine rings is 1. The summed E-state index contributed by atoms with van der Waals surface area (Å²) in [5.41, 5.74) is 4.16. The maximum absolute atomic E-state index is 10.2. The van der Waals surface area contributed by atoms with Crippen LogP contribution in [0.25, 0.3) is 11.1 Å². The summed E-state index contributed by atoms with van der Waals surface area (Å²) < 4.78 is 5.28. The molecule has 3 rings (SSSR count). The maximum Gasteiger partial charge on any atom is 0.141 e. The quantitative estimate of drug-likeness (QED) is 0.923. The Hall–Kier alpha value is -1.85. The van der Waals surface area contributed by atoms with Crippen LogP contribution in [0.5, 0.6) is 5.75 Å². The van der Waals surface area contributed by atoms with E-state index in [-0.39, 0.29) is 5.54 Å². The smallest absolute Gasteiger partial charge is 0.141 e. The van der Waals surface area contributed by atoms with Gasteiger partial charge in [-0.15, -0.1) is 0 Å². The minimum absolute atomic E-state index is 0.230. The molecule has 2 aromatic rings. The molecule has 0 bridgehead atoms. The second-order valence-corrected chi connectivity index (χ2v) is 8.02. The first-order valence-corrected chi connectivity index (χ1v) is 8.97. The average molecular weight is 343 g/mol. The van der Waals surface area contributed by atoms with E-state index in [1.165, 1.54) is 0 Å². The molecule has 1 N–H and O–H groups in total. The third kappa shape index (κ3) is 4.05. The number of phenols is 1. The third-order valence-corrected chi connectivity index (χ3v) is 5.03. The van der Waals surface area contributed by atoms with Crippen molar-refractivity contribution in [1.82, 2.24) is 15.0 Å². The molecule has 0 saturated carbocycles. The highest BCUT2D eigenvalue weighted by atomic mass is 16.5. The van der Waals surface area contributed by atoms with Crippen LogP contribution in [0.3, 0.4) is 0 Å². The Bertz CT molecular complexity index is 718. The predicted molar refractivity (Wildman–Crippen MR) is 99.7 cm³/mol. The molecule has 2 heterocycles. The molecule has 0 aliphatic carbocycles. The molecule has 136 valence electrons. The Morgan fingerprint density at radius 2 is 1.76 bits per heavy atom. The first kappa shape index (κ1) is 18.0. The number of aryl methyl sites for hydroxylation is 2. The largest absolute Gasteiger partial charge is 0.508 e. The fourth-order valence-electron chi connectivity index (χ4n) is 3.64. The summed E-state index contributed by atoms with van der Waals surface area (Å²) in [4.78, 5) is 4.98. The number of rotatable bonds is 3. The first-order valence-electron chi connectivity index (χ1n) is 8.97. The minimum atomic E-state index is 0.230. The van der Waals surface area contributed by atoms with Gasteiger partial charge in [0.15, 0.2) is 0 Å². The van der Waals surface area contributed by atoms with Crippen molar-refractivity contribution < 1.29 is 9.63 Å². The lowest BCUT2D eigenvalue weighted by atomic mass is 10.0. The second kappa shape index (κ2) is 6.81. The molecule has 0 amide bonds. The summed E-state index contributed by atoms with van der Waals surface area (Å²) in [6, 6.07) is 5.79. The van der Waals surface area contributed by atoms with Gasteiger partial charge in [-0.2, -0.15) is 0 Å². The van der Waals surface area contributed by atoms with Crippen LogP contribution < -0.4 is 0 Å². The van der Waals surface area contributed by atoms with Crippen molar-refractivity contribution in [3.8, 4) is 16.9 Å². The fraction of sp³-hybridized carbons (Fsp3) is 0.550. The van der Waals surface area contributed by atoms with Crippen LogP contribution in [0, 0.1) is 13.8 Å². The molecule has 1 aromatic carbocycles. The zero-order valence-electron chi connectivity index (χ0n) is 16.0. The highest BCUT2D eigenvalue weighted by Crippen LogP contribution is 2.31. The van der Waals surface area contributed by atoms with Crippen molar-refractivity contribution in [1.29, 1.82) is 0 Å². The summed E-state index contributed by atoms with van der Waals surface area (Å²) in [5.74, 6) is 1.08. The van der Waals surface area contributed by atoms with Gasteiger partial charge in [-0.1, -0.05) is 5.16 Å². The lowest BCUT2D eigenvalue weighted by Gasteiger charge is -2.42. The van der Waals surface area contributed by atoms with Gasteiger partial charge >= 0.3 is 0 Å². The molecule has 1 saturated heterocycles. The Morgan fingerprint density at radius 3 is 2.32 bits per heavy atom. The topological polar surface area (TPSA) is 52.7 Å². The number of hydrogen-bond donors (Lipinski definition) is 1. The Morgan fingerprint density at radius 1 is 1.08 bits per heavy atom. The molecule has 0 radical (unpaired) electrons. The molecule has 1 aromatic heterocycles. The van der Waals surface area contributed by atoms with Crippen molar-refractivity contribution in [2.45, 2.75) is 46.7 Å². The number of aromatic nitrogens is 1. The van der Waals surface area contributed by atoms with Gasteiger partial charge in [-0.3, -0.25) is 9.80 Å². The van der Waals surface area contributed by atoms with E-state index in [0.717, 1.165) is 60.9 Å². The zero-order valence-corrected chi connectivity index (χ0v) is 16.0. The molecular weight excluding hydrogens is 314 g/mol. The Balaban J connectivity index is 1.74. The van der Waals surface area contributed by atoms with Gasteiger partial charge in [0.25, 0.3) is 0 Å². The monoisotopic (exact) mass is 343 g/mol. The number of aromatic hydroxyl groups is 1. The van der Waals surface area contributed by atoms with Crippen LogP contribution in [0.15, 0.2) is 22.7 Å². The third-order valence-electron chi connectivity index (χ3n) is 5.03. The van der Waals surface area contributed by atoms with E-state index < -0.39 is 0 Å². The maximum atomic E-state index is 10.2. The fourth-order valence-corrected chi connectivity index (χ4v) is 3.64. The summed E-state index contributed by atoms with van der Waals surface area (Å²) in [5, 5.41) is 14.2.